The van der Waals surface area contributed by atoms with Gasteiger partial charge >= 0.3 is 0 Å². The number of amides is 1. The van der Waals surface area contributed by atoms with Gasteiger partial charge in [0.05, 0.1) is 6.04 Å². The third-order valence-electron chi connectivity index (χ3n) is 4.47. The molecule has 0 saturated heterocycles. The molecule has 0 fully saturated rings. The Morgan fingerprint density at radius 2 is 1.58 bits per heavy atom. The standard InChI is InChI=1S/C12H15NO2.C9H11NO/c1-2-12(14)13-10-7-9-5-3-4-6-11(9)15-8-10;10-8-5-7-3-1-2-4-9(7)11-6-8/h3-6,10H,2,7-8H2,1H3,(H,13,14);1-4,8H,5-6,10H2. The maximum absolute atomic E-state index is 11.2. The summed E-state index contributed by atoms with van der Waals surface area (Å²) in [6.07, 6.45) is 2.33. The Morgan fingerprint density at radius 3 is 2.23 bits per heavy atom. The molecule has 138 valence electrons. The molecule has 0 bridgehead atoms. The van der Waals surface area contributed by atoms with Crippen LogP contribution in [0, 0.1) is 0 Å². The fourth-order valence-electron chi connectivity index (χ4n) is 3.10. The van der Waals surface area contributed by atoms with Crippen molar-refractivity contribution in [3.05, 3.63) is 59.7 Å². The van der Waals surface area contributed by atoms with E-state index in [2.05, 4.69) is 11.4 Å². The molecule has 2 aromatic carbocycles. The van der Waals surface area contributed by atoms with Crippen LogP contribution in [0.1, 0.15) is 24.5 Å². The van der Waals surface area contributed by atoms with Crippen LogP contribution in [0.2, 0.25) is 0 Å². The van der Waals surface area contributed by atoms with Gasteiger partial charge in [-0.1, -0.05) is 43.3 Å². The number of hydrogen-bond donors (Lipinski definition) is 2. The second-order valence-corrected chi connectivity index (χ2v) is 6.62. The molecule has 2 atom stereocenters. The molecule has 0 spiro atoms. The first-order valence-corrected chi connectivity index (χ1v) is 9.12. The molecule has 0 radical (unpaired) electrons. The predicted molar refractivity (Wildman–Crippen MR) is 101 cm³/mol. The number of nitrogens with one attached hydrogen (secondary N) is 1. The molecule has 4 rings (SSSR count). The Hall–Kier alpha value is -2.53. The van der Waals surface area contributed by atoms with Gasteiger partial charge in [-0.2, -0.15) is 0 Å². The number of benzene rings is 2. The van der Waals surface area contributed by atoms with Crippen molar-refractivity contribution >= 4 is 5.91 Å². The van der Waals surface area contributed by atoms with Gasteiger partial charge < -0.3 is 20.5 Å². The highest BCUT2D eigenvalue weighted by Gasteiger charge is 2.20. The lowest BCUT2D eigenvalue weighted by Crippen LogP contribution is -2.42. The van der Waals surface area contributed by atoms with Crippen LogP contribution < -0.4 is 20.5 Å². The van der Waals surface area contributed by atoms with E-state index < -0.39 is 0 Å². The maximum Gasteiger partial charge on any atom is 0.220 e. The van der Waals surface area contributed by atoms with E-state index in [-0.39, 0.29) is 18.0 Å². The van der Waals surface area contributed by atoms with E-state index in [1.807, 2.05) is 49.4 Å². The van der Waals surface area contributed by atoms with Crippen molar-refractivity contribution in [2.45, 2.75) is 38.3 Å². The summed E-state index contributed by atoms with van der Waals surface area (Å²) in [5.74, 6) is 2.02. The Morgan fingerprint density at radius 1 is 1.00 bits per heavy atom. The van der Waals surface area contributed by atoms with Crippen LogP contribution in [0.3, 0.4) is 0 Å². The Kier molecular flexibility index (Phi) is 6.12. The monoisotopic (exact) mass is 354 g/mol. The summed E-state index contributed by atoms with van der Waals surface area (Å²) in [5, 5.41) is 2.95. The van der Waals surface area contributed by atoms with Gasteiger partial charge in [-0.25, -0.2) is 0 Å². The number of hydrogen-bond acceptors (Lipinski definition) is 4. The minimum Gasteiger partial charge on any atom is -0.492 e. The lowest BCUT2D eigenvalue weighted by Gasteiger charge is -2.25. The lowest BCUT2D eigenvalue weighted by molar-refractivity contribution is -0.121. The normalized spacial score (nSPS) is 20.2. The predicted octanol–water partition coefficient (Wildman–Crippen LogP) is 2.47. The average molecular weight is 354 g/mol. The topological polar surface area (TPSA) is 73.6 Å². The highest BCUT2D eigenvalue weighted by Crippen LogP contribution is 2.24. The van der Waals surface area contributed by atoms with Crippen LogP contribution in [-0.4, -0.2) is 31.2 Å². The third kappa shape index (κ3) is 4.76. The molecule has 0 saturated carbocycles. The summed E-state index contributed by atoms with van der Waals surface area (Å²) >= 11 is 0. The van der Waals surface area contributed by atoms with Crippen molar-refractivity contribution in [1.82, 2.24) is 5.32 Å². The van der Waals surface area contributed by atoms with Crippen molar-refractivity contribution in [1.29, 1.82) is 0 Å². The minimum absolute atomic E-state index is 0.0861. The van der Waals surface area contributed by atoms with Gasteiger partial charge in [-0.3, -0.25) is 4.79 Å². The van der Waals surface area contributed by atoms with E-state index in [4.69, 9.17) is 15.2 Å². The number of nitrogens with two attached hydrogens (primary N) is 1. The summed E-state index contributed by atoms with van der Waals surface area (Å²) in [5.41, 5.74) is 8.12. The van der Waals surface area contributed by atoms with E-state index >= 15 is 0 Å². The van der Waals surface area contributed by atoms with Crippen molar-refractivity contribution < 1.29 is 14.3 Å². The van der Waals surface area contributed by atoms with Crippen LogP contribution in [0.15, 0.2) is 48.5 Å². The largest absolute Gasteiger partial charge is 0.492 e. The molecular formula is C21H26N2O3. The first-order valence-electron chi connectivity index (χ1n) is 9.12. The van der Waals surface area contributed by atoms with E-state index in [9.17, 15) is 4.79 Å². The Balaban J connectivity index is 0.000000158. The van der Waals surface area contributed by atoms with E-state index in [0.29, 0.717) is 19.6 Å². The molecule has 3 N–H and O–H groups in total. The smallest absolute Gasteiger partial charge is 0.220 e. The number of fused-ring (bicyclic) bond motifs is 2. The number of rotatable bonds is 2. The molecule has 5 heteroatoms. The van der Waals surface area contributed by atoms with Gasteiger partial charge in [0.15, 0.2) is 0 Å². The average Bonchev–Trinajstić information content (AvgIpc) is 2.68. The maximum atomic E-state index is 11.2. The van der Waals surface area contributed by atoms with Crippen molar-refractivity contribution in [3.8, 4) is 11.5 Å². The van der Waals surface area contributed by atoms with E-state index in [1.165, 1.54) is 11.1 Å². The minimum atomic E-state index is 0.0861. The fourth-order valence-corrected chi connectivity index (χ4v) is 3.10. The summed E-state index contributed by atoms with van der Waals surface area (Å²) in [6, 6.07) is 16.3. The SMILES string of the molecule is CCC(=O)NC1COc2ccccc2C1.NC1COc2ccccc2C1. The summed E-state index contributed by atoms with van der Waals surface area (Å²) in [6.45, 7) is 3.08. The zero-order chi connectivity index (χ0) is 18.4. The van der Waals surface area contributed by atoms with E-state index in [0.717, 1.165) is 24.3 Å². The molecule has 0 aliphatic carbocycles. The lowest BCUT2D eigenvalue weighted by atomic mass is 10.0. The molecule has 5 nitrogen and oxygen atoms in total. The number of para-hydroxylation sites is 2. The second-order valence-electron chi connectivity index (χ2n) is 6.62. The summed E-state index contributed by atoms with van der Waals surface area (Å²) < 4.78 is 11.0. The van der Waals surface area contributed by atoms with Crippen molar-refractivity contribution in [2.24, 2.45) is 5.73 Å². The highest BCUT2D eigenvalue weighted by atomic mass is 16.5. The third-order valence-corrected chi connectivity index (χ3v) is 4.47. The van der Waals surface area contributed by atoms with Gasteiger partial charge in [0, 0.05) is 12.5 Å². The highest BCUT2D eigenvalue weighted by molar-refractivity contribution is 5.75. The fraction of sp³-hybridized carbons (Fsp3) is 0.381. The zero-order valence-electron chi connectivity index (χ0n) is 15.1. The molecule has 2 heterocycles. The molecule has 2 aliphatic rings. The van der Waals surface area contributed by atoms with Crippen LogP contribution >= 0.6 is 0 Å². The van der Waals surface area contributed by atoms with Crippen molar-refractivity contribution in [3.63, 3.8) is 0 Å². The summed E-state index contributed by atoms with van der Waals surface area (Å²) in [7, 11) is 0. The van der Waals surface area contributed by atoms with Gasteiger partial charge in [0.1, 0.15) is 24.7 Å². The number of carbonyl (C=O) groups is 1. The van der Waals surface area contributed by atoms with Crippen LogP contribution in [-0.2, 0) is 17.6 Å². The second kappa shape index (κ2) is 8.72. The molecular weight excluding hydrogens is 328 g/mol. The first-order chi connectivity index (χ1) is 12.7. The van der Waals surface area contributed by atoms with Gasteiger partial charge in [-0.05, 0) is 36.1 Å². The zero-order valence-corrected chi connectivity index (χ0v) is 15.1. The van der Waals surface area contributed by atoms with E-state index in [1.54, 1.807) is 0 Å². The van der Waals surface area contributed by atoms with Crippen molar-refractivity contribution in [2.75, 3.05) is 13.2 Å². The van der Waals surface area contributed by atoms with Crippen LogP contribution in [0.4, 0.5) is 0 Å². The number of ether oxygens (including phenoxy) is 2. The van der Waals surface area contributed by atoms with Crippen LogP contribution in [0.25, 0.3) is 0 Å². The number of carbonyl (C=O) groups excluding carboxylic acids is 1. The Bertz CT molecular complexity index is 748. The van der Waals surface area contributed by atoms with Gasteiger partial charge in [0.25, 0.3) is 0 Å². The molecule has 26 heavy (non-hydrogen) atoms. The Labute approximate surface area is 154 Å². The first kappa shape index (κ1) is 18.3. The molecule has 0 aromatic heterocycles. The van der Waals surface area contributed by atoms with Gasteiger partial charge in [-0.15, -0.1) is 0 Å². The summed E-state index contributed by atoms with van der Waals surface area (Å²) in [4.78, 5) is 11.2. The van der Waals surface area contributed by atoms with Gasteiger partial charge in [0.2, 0.25) is 5.91 Å². The molecule has 1 amide bonds. The quantitative estimate of drug-likeness (QED) is 0.869. The molecule has 2 aliphatic heterocycles. The molecule has 2 unspecified atom stereocenters. The van der Waals surface area contributed by atoms with Crippen LogP contribution in [0.5, 0.6) is 11.5 Å². The molecule has 2 aromatic rings.